The molecule has 3 N–H and O–H groups in total. The molecule has 0 aromatic carbocycles. The number of carbonyl (C=O) groups is 1. The fourth-order valence-electron chi connectivity index (χ4n) is 1.21. The van der Waals surface area contributed by atoms with Gasteiger partial charge in [0, 0.05) is 5.57 Å². The molecule has 0 aliphatic heterocycles. The molecule has 3 heteroatoms. The highest BCUT2D eigenvalue weighted by molar-refractivity contribution is 5.89. The first-order valence-corrected chi connectivity index (χ1v) is 4.30. The van der Waals surface area contributed by atoms with E-state index in [0.29, 0.717) is 5.92 Å². The van der Waals surface area contributed by atoms with Crippen LogP contribution in [0.3, 0.4) is 0 Å². The second-order valence-electron chi connectivity index (χ2n) is 3.21. The Morgan fingerprint density at radius 1 is 1.38 bits per heavy atom. The molecule has 0 spiro atoms. The van der Waals surface area contributed by atoms with Crippen molar-refractivity contribution in [3.8, 4) is 0 Å². The van der Waals surface area contributed by atoms with Gasteiger partial charge in [-0.05, 0) is 26.2 Å². The van der Waals surface area contributed by atoms with Crippen LogP contribution in [0.2, 0.25) is 0 Å². The van der Waals surface area contributed by atoms with Gasteiger partial charge in [-0.15, -0.1) is 0 Å². The highest BCUT2D eigenvalue weighted by Gasteiger charge is 2.16. The summed E-state index contributed by atoms with van der Waals surface area (Å²) < 4.78 is 4.70. The number of allylic oxidation sites excluding steroid dienone is 1. The predicted octanol–water partition coefficient (Wildman–Crippen LogP) is 2.70. The van der Waals surface area contributed by atoms with Crippen LogP contribution in [0.15, 0.2) is 11.1 Å². The molecule has 0 aliphatic rings. The van der Waals surface area contributed by atoms with Gasteiger partial charge < -0.3 is 10.9 Å². The van der Waals surface area contributed by atoms with Gasteiger partial charge in [0.05, 0.1) is 7.11 Å². The van der Waals surface area contributed by atoms with Crippen molar-refractivity contribution in [2.24, 2.45) is 5.92 Å². The summed E-state index contributed by atoms with van der Waals surface area (Å²) in [5, 5.41) is 0. The van der Waals surface area contributed by atoms with Crippen LogP contribution in [-0.4, -0.2) is 13.1 Å². The SMILES string of the molecule is CCC(C)C(C(=O)OC)=C(C)C.N. The molecule has 1 unspecified atom stereocenters. The molecule has 0 amide bonds. The zero-order valence-electron chi connectivity index (χ0n) is 9.31. The van der Waals surface area contributed by atoms with E-state index >= 15 is 0 Å². The topological polar surface area (TPSA) is 61.3 Å². The molecule has 0 fully saturated rings. The Kier molecular flexibility index (Phi) is 7.52. The number of ether oxygens (including phenoxy) is 1. The Bertz CT molecular complexity index is 193. The van der Waals surface area contributed by atoms with Crippen LogP contribution in [0.25, 0.3) is 0 Å². The molecular formula is C10H21NO2. The van der Waals surface area contributed by atoms with E-state index in [4.69, 9.17) is 4.74 Å². The summed E-state index contributed by atoms with van der Waals surface area (Å²) >= 11 is 0. The predicted molar refractivity (Wildman–Crippen MR) is 54.9 cm³/mol. The number of carbonyl (C=O) groups excluding carboxylic acids is 1. The Morgan fingerprint density at radius 3 is 2.08 bits per heavy atom. The molecule has 0 rings (SSSR count). The van der Waals surface area contributed by atoms with Crippen molar-refractivity contribution in [2.75, 3.05) is 7.11 Å². The van der Waals surface area contributed by atoms with Gasteiger partial charge in [0.25, 0.3) is 0 Å². The van der Waals surface area contributed by atoms with Crippen LogP contribution in [0.5, 0.6) is 0 Å². The Morgan fingerprint density at radius 2 is 1.85 bits per heavy atom. The third-order valence-corrected chi connectivity index (χ3v) is 2.05. The molecule has 0 heterocycles. The first kappa shape index (κ1) is 14.7. The molecule has 13 heavy (non-hydrogen) atoms. The Balaban J connectivity index is 0. The maximum atomic E-state index is 11.3. The van der Waals surface area contributed by atoms with Crippen LogP contribution < -0.4 is 6.15 Å². The van der Waals surface area contributed by atoms with Crippen LogP contribution in [0, 0.1) is 5.92 Å². The third-order valence-electron chi connectivity index (χ3n) is 2.05. The second kappa shape index (κ2) is 6.66. The van der Waals surface area contributed by atoms with Crippen LogP contribution in [0.4, 0.5) is 0 Å². The van der Waals surface area contributed by atoms with Crippen molar-refractivity contribution in [2.45, 2.75) is 34.1 Å². The number of hydrogen-bond donors (Lipinski definition) is 1. The first-order valence-electron chi connectivity index (χ1n) is 4.30. The molecule has 0 saturated heterocycles. The molecule has 3 nitrogen and oxygen atoms in total. The molecule has 0 bridgehead atoms. The van der Waals surface area contributed by atoms with E-state index in [1.54, 1.807) is 0 Å². The molecular weight excluding hydrogens is 166 g/mol. The van der Waals surface area contributed by atoms with Crippen LogP contribution in [0.1, 0.15) is 34.1 Å². The van der Waals surface area contributed by atoms with Crippen LogP contribution in [-0.2, 0) is 9.53 Å². The van der Waals surface area contributed by atoms with Crippen molar-refractivity contribution in [1.82, 2.24) is 6.15 Å². The minimum atomic E-state index is -0.190. The number of methoxy groups -OCH3 is 1. The van der Waals surface area contributed by atoms with Crippen molar-refractivity contribution in [3.63, 3.8) is 0 Å². The van der Waals surface area contributed by atoms with E-state index in [1.807, 2.05) is 20.8 Å². The lowest BCUT2D eigenvalue weighted by Crippen LogP contribution is -2.13. The molecule has 0 aliphatic carbocycles. The van der Waals surface area contributed by atoms with Gasteiger partial charge in [-0.1, -0.05) is 19.4 Å². The molecule has 0 saturated carbocycles. The second-order valence-corrected chi connectivity index (χ2v) is 3.21. The van der Waals surface area contributed by atoms with E-state index in [-0.39, 0.29) is 12.1 Å². The zero-order valence-corrected chi connectivity index (χ0v) is 9.31. The Labute approximate surface area is 80.7 Å². The summed E-state index contributed by atoms with van der Waals surface area (Å²) in [5.74, 6) is 0.104. The van der Waals surface area contributed by atoms with Gasteiger partial charge in [0.2, 0.25) is 0 Å². The minimum Gasteiger partial charge on any atom is -0.466 e. The number of hydrogen-bond acceptors (Lipinski definition) is 3. The summed E-state index contributed by atoms with van der Waals surface area (Å²) in [6.45, 7) is 7.99. The van der Waals surface area contributed by atoms with Gasteiger partial charge in [0.15, 0.2) is 0 Å². The van der Waals surface area contributed by atoms with Crippen molar-refractivity contribution in [3.05, 3.63) is 11.1 Å². The lowest BCUT2D eigenvalue weighted by molar-refractivity contribution is -0.136. The fourth-order valence-corrected chi connectivity index (χ4v) is 1.21. The average molecular weight is 187 g/mol. The monoisotopic (exact) mass is 187 g/mol. The van der Waals surface area contributed by atoms with E-state index in [9.17, 15) is 4.79 Å². The van der Waals surface area contributed by atoms with Gasteiger partial charge in [-0.25, -0.2) is 4.79 Å². The van der Waals surface area contributed by atoms with Gasteiger partial charge in [0.1, 0.15) is 0 Å². The number of rotatable bonds is 3. The first-order chi connectivity index (χ1) is 5.54. The quantitative estimate of drug-likeness (QED) is 0.546. The van der Waals surface area contributed by atoms with Crippen molar-refractivity contribution in [1.29, 1.82) is 0 Å². The normalized spacial score (nSPS) is 11.2. The maximum absolute atomic E-state index is 11.3. The van der Waals surface area contributed by atoms with Crippen molar-refractivity contribution < 1.29 is 9.53 Å². The van der Waals surface area contributed by atoms with Crippen LogP contribution >= 0.6 is 0 Å². The number of esters is 1. The summed E-state index contributed by atoms with van der Waals surface area (Å²) in [4.78, 5) is 11.3. The van der Waals surface area contributed by atoms with E-state index in [2.05, 4.69) is 6.92 Å². The zero-order chi connectivity index (χ0) is 9.72. The lowest BCUT2D eigenvalue weighted by atomic mass is 9.95. The Hall–Kier alpha value is -0.830. The van der Waals surface area contributed by atoms with Gasteiger partial charge in [-0.3, -0.25) is 0 Å². The van der Waals surface area contributed by atoms with Crippen molar-refractivity contribution >= 4 is 5.97 Å². The highest BCUT2D eigenvalue weighted by atomic mass is 16.5. The molecule has 78 valence electrons. The molecule has 0 aromatic heterocycles. The van der Waals surface area contributed by atoms with E-state index in [0.717, 1.165) is 17.6 Å². The molecule has 0 aromatic rings. The lowest BCUT2D eigenvalue weighted by Gasteiger charge is -2.13. The third kappa shape index (κ3) is 4.08. The average Bonchev–Trinajstić information content (AvgIpc) is 2.03. The summed E-state index contributed by atoms with van der Waals surface area (Å²) in [7, 11) is 1.42. The highest BCUT2D eigenvalue weighted by Crippen LogP contribution is 2.19. The standard InChI is InChI=1S/C10H18O2.H3N/c1-6-8(4)9(7(2)3)10(11)12-5;/h8H,6H2,1-5H3;1H3. The smallest absolute Gasteiger partial charge is 0.333 e. The largest absolute Gasteiger partial charge is 0.466 e. The summed E-state index contributed by atoms with van der Waals surface area (Å²) in [5.41, 5.74) is 1.87. The fraction of sp³-hybridized carbons (Fsp3) is 0.700. The summed E-state index contributed by atoms with van der Waals surface area (Å²) in [6, 6.07) is 0. The van der Waals surface area contributed by atoms with E-state index in [1.165, 1.54) is 7.11 Å². The maximum Gasteiger partial charge on any atom is 0.333 e. The van der Waals surface area contributed by atoms with Gasteiger partial charge in [-0.2, -0.15) is 0 Å². The van der Waals surface area contributed by atoms with E-state index < -0.39 is 0 Å². The van der Waals surface area contributed by atoms with Gasteiger partial charge >= 0.3 is 5.97 Å². The molecule has 0 radical (unpaired) electrons. The summed E-state index contributed by atoms with van der Waals surface area (Å²) in [6.07, 6.45) is 0.968. The minimum absolute atomic E-state index is 0. The molecule has 1 atom stereocenters.